The lowest BCUT2D eigenvalue weighted by molar-refractivity contribution is 0.0647. The highest BCUT2D eigenvalue weighted by Crippen LogP contribution is 2.37. The van der Waals surface area contributed by atoms with Crippen LogP contribution in [0.5, 0.6) is 0 Å². The number of carbonyl (C=O) groups is 1. The fourth-order valence-corrected chi connectivity index (χ4v) is 4.79. The summed E-state index contributed by atoms with van der Waals surface area (Å²) in [6, 6.07) is 8.42. The fraction of sp³-hybridized carbons (Fsp3) is 0.435. The van der Waals surface area contributed by atoms with Crippen LogP contribution >= 0.6 is 0 Å². The zero-order valence-electron chi connectivity index (χ0n) is 18.3. The standard InChI is InChI=1S/C23H27N7O2/c1-3-14-10-19-18(26-22(14)31)11-15(27-28-19)13-29-8-9-30(21-7-6-20(21)29)16-4-5-17(25-12-16)23(32)24-2/h4-5,10-12,20-21H,3,6-9,13H2,1-2H3,(H,24,32)(H,26,31)/t20-,21-/m0/s1. The number of pyridine rings is 2. The number of H-pyrrole nitrogens is 1. The lowest BCUT2D eigenvalue weighted by atomic mass is 9.81. The van der Waals surface area contributed by atoms with Gasteiger partial charge in [-0.1, -0.05) is 6.92 Å². The number of aromatic amines is 1. The maximum absolute atomic E-state index is 12.2. The van der Waals surface area contributed by atoms with E-state index in [9.17, 15) is 9.59 Å². The van der Waals surface area contributed by atoms with Gasteiger partial charge in [-0.05, 0) is 43.5 Å². The Labute approximate surface area is 185 Å². The Bertz CT molecular complexity index is 1210. The third kappa shape index (κ3) is 3.62. The van der Waals surface area contributed by atoms with Crippen molar-refractivity contribution in [2.45, 2.75) is 44.8 Å². The number of fused-ring (bicyclic) bond motifs is 2. The van der Waals surface area contributed by atoms with Crippen LogP contribution in [0.1, 0.15) is 41.5 Å². The lowest BCUT2D eigenvalue weighted by Crippen LogP contribution is -2.64. The van der Waals surface area contributed by atoms with Gasteiger partial charge < -0.3 is 15.2 Å². The van der Waals surface area contributed by atoms with Crippen LogP contribution in [0.25, 0.3) is 11.0 Å². The summed E-state index contributed by atoms with van der Waals surface area (Å²) in [7, 11) is 1.61. The monoisotopic (exact) mass is 433 g/mol. The van der Waals surface area contributed by atoms with Crippen molar-refractivity contribution in [1.29, 1.82) is 0 Å². The molecule has 0 radical (unpaired) electrons. The van der Waals surface area contributed by atoms with Crippen molar-refractivity contribution >= 4 is 22.6 Å². The lowest BCUT2D eigenvalue weighted by Gasteiger charge is -2.54. The first-order valence-corrected chi connectivity index (χ1v) is 11.1. The van der Waals surface area contributed by atoms with E-state index in [0.717, 1.165) is 53.9 Å². The molecule has 0 bridgehead atoms. The molecular formula is C23H27N7O2. The van der Waals surface area contributed by atoms with Gasteiger partial charge in [-0.15, -0.1) is 5.10 Å². The summed E-state index contributed by atoms with van der Waals surface area (Å²) in [4.78, 5) is 36.1. The molecular weight excluding hydrogens is 406 g/mol. The molecule has 4 heterocycles. The quantitative estimate of drug-likeness (QED) is 0.628. The van der Waals surface area contributed by atoms with Crippen molar-refractivity contribution in [3.05, 3.63) is 57.8 Å². The van der Waals surface area contributed by atoms with Gasteiger partial charge in [0.2, 0.25) is 0 Å². The summed E-state index contributed by atoms with van der Waals surface area (Å²) in [5, 5.41) is 11.4. The number of anilines is 1. The number of nitrogens with zero attached hydrogens (tertiary/aromatic N) is 5. The first kappa shape index (κ1) is 20.6. The third-order valence-electron chi connectivity index (χ3n) is 6.71. The number of carbonyl (C=O) groups excluding carboxylic acids is 1. The number of nitrogens with one attached hydrogen (secondary N) is 2. The molecule has 0 spiro atoms. The molecule has 2 fully saturated rings. The minimum atomic E-state index is -0.174. The molecule has 1 saturated carbocycles. The Kier molecular flexibility index (Phi) is 5.34. The van der Waals surface area contributed by atoms with E-state index < -0.39 is 0 Å². The van der Waals surface area contributed by atoms with Crippen molar-refractivity contribution in [2.75, 3.05) is 25.0 Å². The highest BCUT2D eigenvalue weighted by atomic mass is 16.1. The normalized spacial score (nSPS) is 20.6. The molecule has 2 N–H and O–H groups in total. The molecule has 9 heteroatoms. The van der Waals surface area contributed by atoms with Crippen molar-refractivity contribution in [3.8, 4) is 0 Å². The van der Waals surface area contributed by atoms with Gasteiger partial charge in [0.05, 0.1) is 23.1 Å². The Morgan fingerprint density at radius 2 is 2.03 bits per heavy atom. The third-order valence-corrected chi connectivity index (χ3v) is 6.71. The predicted molar refractivity (Wildman–Crippen MR) is 122 cm³/mol. The average Bonchev–Trinajstić information content (AvgIpc) is 2.79. The molecule has 1 aliphatic carbocycles. The van der Waals surface area contributed by atoms with Crippen LogP contribution in [-0.4, -0.2) is 63.2 Å². The van der Waals surface area contributed by atoms with Crippen LogP contribution in [0.4, 0.5) is 5.69 Å². The molecule has 1 saturated heterocycles. The number of aryl methyl sites for hydroxylation is 1. The topological polar surface area (TPSA) is 107 Å². The second-order valence-corrected chi connectivity index (χ2v) is 8.47. The van der Waals surface area contributed by atoms with Gasteiger partial charge in [0.1, 0.15) is 11.2 Å². The first-order chi connectivity index (χ1) is 15.6. The fourth-order valence-electron chi connectivity index (χ4n) is 4.79. The SMILES string of the molecule is CCc1cc2nnc(CN3CCN(c4ccc(C(=O)NC)nc4)[C@H]4CC[C@@H]43)cc2[nH]c1=O. The van der Waals surface area contributed by atoms with Gasteiger partial charge in [0.25, 0.3) is 11.5 Å². The molecule has 32 heavy (non-hydrogen) atoms. The van der Waals surface area contributed by atoms with Crippen LogP contribution < -0.4 is 15.8 Å². The minimum Gasteiger partial charge on any atom is -0.364 e. The van der Waals surface area contributed by atoms with Crippen molar-refractivity contribution in [1.82, 2.24) is 30.4 Å². The van der Waals surface area contributed by atoms with Crippen LogP contribution in [-0.2, 0) is 13.0 Å². The van der Waals surface area contributed by atoms with E-state index >= 15 is 0 Å². The molecule has 0 unspecified atom stereocenters. The van der Waals surface area contributed by atoms with Crippen molar-refractivity contribution in [2.24, 2.45) is 0 Å². The second-order valence-electron chi connectivity index (χ2n) is 8.47. The molecule has 5 rings (SSSR count). The summed E-state index contributed by atoms with van der Waals surface area (Å²) in [5.41, 5.74) is 4.50. The minimum absolute atomic E-state index is 0.0531. The predicted octanol–water partition coefficient (Wildman–Crippen LogP) is 1.49. The maximum Gasteiger partial charge on any atom is 0.269 e. The number of hydrogen-bond donors (Lipinski definition) is 2. The maximum atomic E-state index is 12.2. The van der Waals surface area contributed by atoms with E-state index in [1.807, 2.05) is 25.1 Å². The number of rotatable bonds is 5. The highest BCUT2D eigenvalue weighted by molar-refractivity contribution is 5.92. The average molecular weight is 434 g/mol. The number of hydrogen-bond acceptors (Lipinski definition) is 7. The Morgan fingerprint density at radius 3 is 2.72 bits per heavy atom. The molecule has 2 aliphatic rings. The van der Waals surface area contributed by atoms with Crippen LogP contribution in [0.2, 0.25) is 0 Å². The zero-order valence-corrected chi connectivity index (χ0v) is 18.3. The van der Waals surface area contributed by atoms with Crippen LogP contribution in [0, 0.1) is 0 Å². The van der Waals surface area contributed by atoms with Gasteiger partial charge in [-0.2, -0.15) is 5.10 Å². The van der Waals surface area contributed by atoms with Gasteiger partial charge in [0.15, 0.2) is 0 Å². The largest absolute Gasteiger partial charge is 0.364 e. The van der Waals surface area contributed by atoms with Crippen LogP contribution in [0.15, 0.2) is 35.3 Å². The summed E-state index contributed by atoms with van der Waals surface area (Å²) in [6.45, 7) is 4.46. The number of aromatic nitrogens is 4. The molecule has 1 aliphatic heterocycles. The van der Waals surface area contributed by atoms with E-state index in [2.05, 4.69) is 35.3 Å². The Morgan fingerprint density at radius 1 is 1.19 bits per heavy atom. The van der Waals surface area contributed by atoms with E-state index in [1.54, 1.807) is 19.3 Å². The van der Waals surface area contributed by atoms with Crippen molar-refractivity contribution < 1.29 is 4.79 Å². The highest BCUT2D eigenvalue weighted by Gasteiger charge is 2.43. The molecule has 3 aromatic heterocycles. The first-order valence-electron chi connectivity index (χ1n) is 11.1. The molecule has 2 atom stereocenters. The molecule has 3 aromatic rings. The second kappa shape index (κ2) is 8.31. The van der Waals surface area contributed by atoms with Gasteiger partial charge in [-0.3, -0.25) is 14.5 Å². The molecule has 9 nitrogen and oxygen atoms in total. The summed E-state index contributed by atoms with van der Waals surface area (Å²) < 4.78 is 0. The molecule has 1 amide bonds. The van der Waals surface area contributed by atoms with Crippen molar-refractivity contribution in [3.63, 3.8) is 0 Å². The zero-order chi connectivity index (χ0) is 22.2. The van der Waals surface area contributed by atoms with E-state index in [0.29, 0.717) is 30.7 Å². The smallest absolute Gasteiger partial charge is 0.269 e. The Balaban J connectivity index is 1.30. The number of amides is 1. The number of piperazine rings is 1. The molecule has 166 valence electrons. The van der Waals surface area contributed by atoms with Crippen LogP contribution in [0.3, 0.4) is 0 Å². The van der Waals surface area contributed by atoms with E-state index in [4.69, 9.17) is 0 Å². The van der Waals surface area contributed by atoms with Gasteiger partial charge in [-0.25, -0.2) is 4.98 Å². The Hall–Kier alpha value is -3.33. The summed E-state index contributed by atoms with van der Waals surface area (Å²) in [6.07, 6.45) is 4.74. The summed E-state index contributed by atoms with van der Waals surface area (Å²) >= 11 is 0. The molecule has 0 aromatic carbocycles. The van der Waals surface area contributed by atoms with E-state index in [1.165, 1.54) is 0 Å². The van der Waals surface area contributed by atoms with Gasteiger partial charge >= 0.3 is 0 Å². The summed E-state index contributed by atoms with van der Waals surface area (Å²) in [5.74, 6) is -0.174. The van der Waals surface area contributed by atoms with E-state index in [-0.39, 0.29) is 11.5 Å². The van der Waals surface area contributed by atoms with Gasteiger partial charge in [0, 0.05) is 44.3 Å².